The first-order valence-corrected chi connectivity index (χ1v) is 4.56. The fourth-order valence-electron chi connectivity index (χ4n) is 0.971. The van der Waals surface area contributed by atoms with Gasteiger partial charge in [0.2, 0.25) is 5.91 Å². The lowest BCUT2D eigenvalue weighted by atomic mass is 10.1. The van der Waals surface area contributed by atoms with Gasteiger partial charge in [0.1, 0.15) is 5.78 Å². The Hall–Kier alpha value is -1.43. The molecule has 6 nitrogen and oxygen atoms in total. The topological polar surface area (TPSA) is 98.5 Å². The molecular weight excluding hydrogens is 200 g/mol. The fraction of sp³-hybridized carbons (Fsp3) is 0.667. The van der Waals surface area contributed by atoms with Gasteiger partial charge in [0.05, 0.1) is 19.7 Å². The zero-order chi connectivity index (χ0) is 11.8. The van der Waals surface area contributed by atoms with E-state index in [1.54, 1.807) is 0 Å². The molecule has 86 valence electrons. The Kier molecular flexibility index (Phi) is 6.28. The van der Waals surface area contributed by atoms with Gasteiger partial charge in [-0.1, -0.05) is 0 Å². The van der Waals surface area contributed by atoms with E-state index in [2.05, 4.69) is 10.1 Å². The maximum atomic E-state index is 10.9. The summed E-state index contributed by atoms with van der Waals surface area (Å²) in [5, 5.41) is 2.62. The van der Waals surface area contributed by atoms with E-state index in [1.165, 1.54) is 14.0 Å². The molecule has 0 aromatic rings. The Morgan fingerprint density at radius 3 is 2.40 bits per heavy atom. The molecule has 0 saturated heterocycles. The summed E-state index contributed by atoms with van der Waals surface area (Å²) in [6.07, 6.45) is 0.545. The Morgan fingerprint density at radius 1 is 1.40 bits per heavy atom. The second-order valence-corrected chi connectivity index (χ2v) is 3.15. The van der Waals surface area contributed by atoms with Crippen LogP contribution in [0.5, 0.6) is 0 Å². The van der Waals surface area contributed by atoms with Crippen LogP contribution < -0.4 is 11.1 Å². The molecule has 0 unspecified atom stereocenters. The molecule has 0 bridgehead atoms. The number of hydrogen-bond donors (Lipinski definition) is 2. The number of nitrogens with two attached hydrogens (primary N) is 1. The summed E-state index contributed by atoms with van der Waals surface area (Å²) >= 11 is 0. The Morgan fingerprint density at radius 2 is 2.00 bits per heavy atom. The molecule has 15 heavy (non-hydrogen) atoms. The van der Waals surface area contributed by atoms with Crippen LogP contribution in [0.4, 0.5) is 0 Å². The van der Waals surface area contributed by atoms with Crippen LogP contribution in [0.2, 0.25) is 0 Å². The zero-order valence-corrected chi connectivity index (χ0v) is 8.91. The first-order chi connectivity index (χ1) is 6.97. The molecular formula is C9H16N2O4. The van der Waals surface area contributed by atoms with Crippen LogP contribution in [0.15, 0.2) is 0 Å². The Bertz CT molecular complexity index is 252. The maximum Gasteiger partial charge on any atom is 0.319 e. The predicted octanol–water partition coefficient (Wildman–Crippen LogP) is -1.03. The summed E-state index contributed by atoms with van der Waals surface area (Å²) in [6.45, 7) is 1.33. The van der Waals surface area contributed by atoms with Gasteiger partial charge in [-0.05, 0) is 13.3 Å². The quantitative estimate of drug-likeness (QED) is 0.530. The second-order valence-electron chi connectivity index (χ2n) is 3.15. The van der Waals surface area contributed by atoms with E-state index in [-0.39, 0.29) is 18.7 Å². The van der Waals surface area contributed by atoms with Crippen molar-refractivity contribution in [2.24, 2.45) is 5.73 Å². The van der Waals surface area contributed by atoms with E-state index >= 15 is 0 Å². The number of amides is 1. The van der Waals surface area contributed by atoms with Gasteiger partial charge in [0.25, 0.3) is 0 Å². The van der Waals surface area contributed by atoms with E-state index < -0.39 is 17.9 Å². The minimum atomic E-state index is -0.673. The Labute approximate surface area is 88.1 Å². The predicted molar refractivity (Wildman–Crippen MR) is 52.9 cm³/mol. The van der Waals surface area contributed by atoms with Crippen molar-refractivity contribution in [3.05, 3.63) is 0 Å². The van der Waals surface area contributed by atoms with Crippen molar-refractivity contribution in [3.63, 3.8) is 0 Å². The van der Waals surface area contributed by atoms with Crippen molar-refractivity contribution >= 4 is 17.7 Å². The molecule has 0 spiro atoms. The lowest BCUT2D eigenvalue weighted by Gasteiger charge is -2.13. The SMILES string of the molecule is COC(=O)CN[C@@H](CCC(C)=O)C(N)=O. The first-order valence-electron chi connectivity index (χ1n) is 4.56. The van der Waals surface area contributed by atoms with Gasteiger partial charge in [0, 0.05) is 6.42 Å². The van der Waals surface area contributed by atoms with E-state index in [4.69, 9.17) is 5.73 Å². The second kappa shape index (κ2) is 6.94. The van der Waals surface area contributed by atoms with Crippen molar-refractivity contribution in [1.29, 1.82) is 0 Å². The molecule has 0 aliphatic rings. The van der Waals surface area contributed by atoms with E-state index in [0.717, 1.165) is 0 Å². The highest BCUT2D eigenvalue weighted by atomic mass is 16.5. The number of methoxy groups -OCH3 is 1. The molecule has 0 radical (unpaired) electrons. The number of nitrogens with one attached hydrogen (secondary N) is 1. The number of hydrogen-bond acceptors (Lipinski definition) is 5. The van der Waals surface area contributed by atoms with E-state index in [9.17, 15) is 14.4 Å². The highest BCUT2D eigenvalue weighted by molar-refractivity contribution is 5.82. The van der Waals surface area contributed by atoms with Gasteiger partial charge in [-0.3, -0.25) is 14.9 Å². The van der Waals surface area contributed by atoms with Gasteiger partial charge in [-0.25, -0.2) is 0 Å². The lowest BCUT2D eigenvalue weighted by Crippen LogP contribution is -2.43. The standard InChI is InChI=1S/C9H16N2O4/c1-6(12)3-4-7(9(10)14)11-5-8(13)15-2/h7,11H,3-5H2,1-2H3,(H2,10,14)/t7-/m0/s1. The number of rotatable bonds is 7. The van der Waals surface area contributed by atoms with Gasteiger partial charge in [0.15, 0.2) is 0 Å². The van der Waals surface area contributed by atoms with Crippen molar-refractivity contribution in [2.45, 2.75) is 25.8 Å². The molecule has 0 aliphatic carbocycles. The summed E-state index contributed by atoms with van der Waals surface area (Å²) in [5.74, 6) is -1.09. The monoisotopic (exact) mass is 216 g/mol. The number of ketones is 1. The summed E-state index contributed by atoms with van der Waals surface area (Å²) in [5.41, 5.74) is 5.09. The molecule has 1 amide bonds. The summed E-state index contributed by atoms with van der Waals surface area (Å²) in [7, 11) is 1.25. The molecule has 0 rings (SSSR count). The Balaban J connectivity index is 3.99. The lowest BCUT2D eigenvalue weighted by molar-refractivity contribution is -0.139. The van der Waals surface area contributed by atoms with Crippen LogP contribution in [-0.4, -0.2) is 37.4 Å². The molecule has 0 aromatic heterocycles. The van der Waals surface area contributed by atoms with Gasteiger partial charge < -0.3 is 15.3 Å². The fourth-order valence-corrected chi connectivity index (χ4v) is 0.971. The molecule has 0 aromatic carbocycles. The van der Waals surface area contributed by atoms with Crippen molar-refractivity contribution < 1.29 is 19.1 Å². The number of Topliss-reactive ketones (excluding diaryl/α,β-unsaturated/α-hetero) is 1. The molecule has 0 heterocycles. The molecule has 0 aliphatic heterocycles. The largest absolute Gasteiger partial charge is 0.468 e. The highest BCUT2D eigenvalue weighted by Gasteiger charge is 2.16. The molecule has 0 saturated carbocycles. The van der Waals surface area contributed by atoms with Crippen molar-refractivity contribution in [3.8, 4) is 0 Å². The smallest absolute Gasteiger partial charge is 0.319 e. The highest BCUT2D eigenvalue weighted by Crippen LogP contribution is 1.97. The van der Waals surface area contributed by atoms with Gasteiger partial charge >= 0.3 is 5.97 Å². The molecule has 0 fully saturated rings. The minimum Gasteiger partial charge on any atom is -0.468 e. The van der Waals surface area contributed by atoms with Crippen LogP contribution in [-0.2, 0) is 19.1 Å². The third-order valence-corrected chi connectivity index (χ3v) is 1.85. The third-order valence-electron chi connectivity index (χ3n) is 1.85. The van der Waals surface area contributed by atoms with Crippen LogP contribution in [0.25, 0.3) is 0 Å². The number of carbonyl (C=O) groups is 3. The maximum absolute atomic E-state index is 10.9. The summed E-state index contributed by atoms with van der Waals surface area (Å²) in [4.78, 5) is 32.4. The zero-order valence-electron chi connectivity index (χ0n) is 8.91. The van der Waals surface area contributed by atoms with E-state index in [0.29, 0.717) is 6.42 Å². The van der Waals surface area contributed by atoms with Gasteiger partial charge in [-0.2, -0.15) is 0 Å². The normalized spacial score (nSPS) is 11.9. The van der Waals surface area contributed by atoms with Crippen molar-refractivity contribution in [2.75, 3.05) is 13.7 Å². The average molecular weight is 216 g/mol. The average Bonchev–Trinajstić information content (AvgIpc) is 2.16. The third kappa shape index (κ3) is 6.62. The van der Waals surface area contributed by atoms with E-state index in [1.807, 2.05) is 0 Å². The summed E-state index contributed by atoms with van der Waals surface area (Å²) < 4.78 is 4.39. The van der Waals surface area contributed by atoms with Crippen LogP contribution in [0.3, 0.4) is 0 Å². The first kappa shape index (κ1) is 13.6. The molecule has 3 N–H and O–H groups in total. The number of ether oxygens (including phenoxy) is 1. The molecule has 1 atom stereocenters. The minimum absolute atomic E-state index is 0.0267. The van der Waals surface area contributed by atoms with Crippen LogP contribution in [0, 0.1) is 0 Å². The number of primary amides is 1. The van der Waals surface area contributed by atoms with Crippen molar-refractivity contribution in [1.82, 2.24) is 5.32 Å². The van der Waals surface area contributed by atoms with Gasteiger partial charge in [-0.15, -0.1) is 0 Å². The number of carbonyl (C=O) groups excluding carboxylic acids is 3. The molecule has 6 heteroatoms. The van der Waals surface area contributed by atoms with Crippen LogP contribution >= 0.6 is 0 Å². The number of esters is 1. The summed E-state index contributed by atoms with van der Waals surface area (Å²) in [6, 6.07) is -0.673. The van der Waals surface area contributed by atoms with Crippen LogP contribution in [0.1, 0.15) is 19.8 Å².